The summed E-state index contributed by atoms with van der Waals surface area (Å²) >= 11 is 0. The van der Waals surface area contributed by atoms with E-state index in [1.54, 1.807) is 13.3 Å². The van der Waals surface area contributed by atoms with Crippen molar-refractivity contribution in [2.75, 3.05) is 38.2 Å². The van der Waals surface area contributed by atoms with Crippen LogP contribution in [0.15, 0.2) is 71.8 Å². The number of methoxy groups -OCH3 is 1. The first-order valence-corrected chi connectivity index (χ1v) is 12.6. The predicted octanol–water partition coefficient (Wildman–Crippen LogP) is 5.22. The van der Waals surface area contributed by atoms with Crippen LogP contribution >= 0.6 is 0 Å². The molecule has 1 heterocycles. The molecule has 6 nitrogen and oxygen atoms in total. The number of hydrogen-bond donors (Lipinski definition) is 1. The Morgan fingerprint density at radius 1 is 1.00 bits per heavy atom. The first-order chi connectivity index (χ1) is 17.7. The molecular formula is C30H35FN4O2. The average Bonchev–Trinajstić information content (AvgIpc) is 2.89. The lowest BCUT2D eigenvalue weighted by Crippen LogP contribution is -2.46. The number of rotatable bonds is 7. The zero-order valence-corrected chi connectivity index (χ0v) is 22.0. The highest BCUT2D eigenvalue weighted by Crippen LogP contribution is 2.24. The molecule has 3 aromatic carbocycles. The van der Waals surface area contributed by atoms with Crippen molar-refractivity contribution in [2.24, 2.45) is 5.10 Å². The quantitative estimate of drug-likeness (QED) is 0.356. The minimum Gasteiger partial charge on any atom is -0.496 e. The fraction of sp³-hybridized carbons (Fsp3) is 0.333. The monoisotopic (exact) mass is 502 g/mol. The molecule has 1 N–H and O–H groups in total. The second-order valence-corrected chi connectivity index (χ2v) is 10.3. The Morgan fingerprint density at radius 3 is 2.30 bits per heavy atom. The molecule has 1 fully saturated rings. The molecule has 1 aliphatic heterocycles. The first-order valence-electron chi connectivity index (χ1n) is 12.6. The molecule has 4 rings (SSSR count). The zero-order valence-electron chi connectivity index (χ0n) is 22.0. The number of ether oxygens (including phenoxy) is 1. The fourth-order valence-corrected chi connectivity index (χ4v) is 4.41. The third kappa shape index (κ3) is 6.95. The van der Waals surface area contributed by atoms with Crippen LogP contribution in [0.5, 0.6) is 5.75 Å². The standard InChI is InChI=1S/C30H35FN4O2/c1-30(2,3)25-8-6-23(7-9-25)29(36)33-32-20-22-5-14-28(37-4)24(19-22)21-34-15-17-35(18-16-34)27-12-10-26(31)11-13-27/h5-14,19-20H,15-18,21H2,1-4H3,(H,33,36)/b32-20-. The average molecular weight is 503 g/mol. The summed E-state index contributed by atoms with van der Waals surface area (Å²) in [5.41, 5.74) is 7.39. The number of carbonyl (C=O) groups is 1. The maximum atomic E-state index is 13.2. The van der Waals surface area contributed by atoms with Gasteiger partial charge >= 0.3 is 0 Å². The molecule has 0 atom stereocenters. The number of amides is 1. The van der Waals surface area contributed by atoms with Gasteiger partial charge in [-0.05, 0) is 71.1 Å². The molecule has 1 amide bonds. The van der Waals surface area contributed by atoms with Crippen molar-refractivity contribution in [1.82, 2.24) is 10.3 Å². The van der Waals surface area contributed by atoms with Crippen LogP contribution < -0.4 is 15.1 Å². The van der Waals surface area contributed by atoms with Crippen molar-refractivity contribution in [1.29, 1.82) is 0 Å². The Bertz CT molecular complexity index is 1230. The van der Waals surface area contributed by atoms with E-state index in [0.717, 1.165) is 55.3 Å². The van der Waals surface area contributed by atoms with Gasteiger partial charge in [-0.25, -0.2) is 9.82 Å². The highest BCUT2D eigenvalue weighted by Gasteiger charge is 2.19. The Kier molecular flexibility index (Phi) is 8.24. The summed E-state index contributed by atoms with van der Waals surface area (Å²) in [4.78, 5) is 17.1. The number of halogens is 1. The minimum absolute atomic E-state index is 0.0371. The Balaban J connectivity index is 1.35. The Morgan fingerprint density at radius 2 is 1.68 bits per heavy atom. The van der Waals surface area contributed by atoms with Gasteiger partial charge in [-0.3, -0.25) is 9.69 Å². The molecule has 1 aliphatic rings. The van der Waals surface area contributed by atoms with Crippen molar-refractivity contribution in [3.63, 3.8) is 0 Å². The largest absolute Gasteiger partial charge is 0.496 e. The molecule has 3 aromatic rings. The summed E-state index contributed by atoms with van der Waals surface area (Å²) in [6.45, 7) is 10.7. The number of nitrogens with zero attached hydrogens (tertiary/aromatic N) is 3. The van der Waals surface area contributed by atoms with E-state index in [1.807, 2.05) is 54.6 Å². The van der Waals surface area contributed by atoms with Crippen LogP contribution in [0, 0.1) is 5.82 Å². The van der Waals surface area contributed by atoms with Crippen LogP contribution in [0.3, 0.4) is 0 Å². The predicted molar refractivity (Wildman–Crippen MR) is 147 cm³/mol. The lowest BCUT2D eigenvalue weighted by atomic mass is 9.87. The zero-order chi connectivity index (χ0) is 26.4. The van der Waals surface area contributed by atoms with Gasteiger partial charge in [0.25, 0.3) is 5.91 Å². The minimum atomic E-state index is -0.246. The number of carbonyl (C=O) groups excluding carboxylic acids is 1. The summed E-state index contributed by atoms with van der Waals surface area (Å²) < 4.78 is 18.8. The van der Waals surface area contributed by atoms with E-state index in [9.17, 15) is 9.18 Å². The van der Waals surface area contributed by atoms with Gasteiger partial charge in [0.05, 0.1) is 13.3 Å². The number of piperazine rings is 1. The van der Waals surface area contributed by atoms with Crippen LogP contribution in [0.1, 0.15) is 47.8 Å². The third-order valence-corrected chi connectivity index (χ3v) is 6.66. The van der Waals surface area contributed by atoms with Gasteiger partial charge in [-0.2, -0.15) is 5.10 Å². The molecule has 0 unspecified atom stereocenters. The van der Waals surface area contributed by atoms with Crippen LogP contribution in [0.4, 0.5) is 10.1 Å². The summed E-state index contributed by atoms with van der Waals surface area (Å²) in [6, 6.07) is 20.2. The van der Waals surface area contributed by atoms with E-state index in [1.165, 1.54) is 17.7 Å². The summed E-state index contributed by atoms with van der Waals surface area (Å²) in [6.07, 6.45) is 1.65. The van der Waals surface area contributed by atoms with E-state index >= 15 is 0 Å². The van der Waals surface area contributed by atoms with Crippen LogP contribution in [0.25, 0.3) is 0 Å². The second-order valence-electron chi connectivity index (χ2n) is 10.3. The van der Waals surface area contributed by atoms with Crippen molar-refractivity contribution in [3.05, 3.63) is 94.8 Å². The van der Waals surface area contributed by atoms with Crippen LogP contribution in [-0.2, 0) is 12.0 Å². The van der Waals surface area contributed by atoms with Gasteiger partial charge < -0.3 is 9.64 Å². The van der Waals surface area contributed by atoms with Crippen molar-refractivity contribution in [3.8, 4) is 5.75 Å². The highest BCUT2D eigenvalue weighted by atomic mass is 19.1. The van der Waals surface area contributed by atoms with Gasteiger partial charge in [0.1, 0.15) is 11.6 Å². The molecule has 0 bridgehead atoms. The molecule has 1 saturated heterocycles. The van der Waals surface area contributed by atoms with Gasteiger partial charge in [-0.15, -0.1) is 0 Å². The molecule has 0 saturated carbocycles. The summed E-state index contributed by atoms with van der Waals surface area (Å²) in [7, 11) is 1.67. The molecule has 7 heteroatoms. The summed E-state index contributed by atoms with van der Waals surface area (Å²) in [5.74, 6) is 0.359. The topological polar surface area (TPSA) is 57.2 Å². The maximum Gasteiger partial charge on any atom is 0.271 e. The SMILES string of the molecule is COc1ccc(/C=N\NC(=O)c2ccc(C(C)(C)C)cc2)cc1CN1CCN(c2ccc(F)cc2)CC1. The first kappa shape index (κ1) is 26.4. The number of benzene rings is 3. The van der Waals surface area contributed by atoms with E-state index < -0.39 is 0 Å². The third-order valence-electron chi connectivity index (χ3n) is 6.66. The molecular weight excluding hydrogens is 467 g/mol. The molecule has 194 valence electrons. The van der Waals surface area contributed by atoms with Crippen LogP contribution in [0.2, 0.25) is 0 Å². The number of anilines is 1. The van der Waals surface area contributed by atoms with Crippen LogP contribution in [-0.4, -0.2) is 50.3 Å². The fourth-order valence-electron chi connectivity index (χ4n) is 4.41. The maximum absolute atomic E-state index is 13.2. The molecule has 0 aromatic heterocycles. The van der Waals surface area contributed by atoms with E-state index in [-0.39, 0.29) is 17.1 Å². The van der Waals surface area contributed by atoms with E-state index in [0.29, 0.717) is 5.56 Å². The van der Waals surface area contributed by atoms with E-state index in [2.05, 4.69) is 41.1 Å². The lowest BCUT2D eigenvalue weighted by Gasteiger charge is -2.36. The van der Waals surface area contributed by atoms with Crippen molar-refractivity contribution >= 4 is 17.8 Å². The number of nitrogens with one attached hydrogen (secondary N) is 1. The van der Waals surface area contributed by atoms with Gasteiger partial charge in [0, 0.05) is 49.5 Å². The van der Waals surface area contributed by atoms with Gasteiger partial charge in [0.15, 0.2) is 0 Å². The van der Waals surface area contributed by atoms with Crippen molar-refractivity contribution in [2.45, 2.75) is 32.7 Å². The summed E-state index contributed by atoms with van der Waals surface area (Å²) in [5, 5.41) is 4.17. The number of hydrazone groups is 1. The number of hydrogen-bond acceptors (Lipinski definition) is 5. The molecule has 0 radical (unpaired) electrons. The normalized spacial score (nSPS) is 14.7. The molecule has 0 aliphatic carbocycles. The smallest absolute Gasteiger partial charge is 0.271 e. The van der Waals surface area contributed by atoms with E-state index in [4.69, 9.17) is 4.74 Å². The Hall–Kier alpha value is -3.71. The van der Waals surface area contributed by atoms with Gasteiger partial charge in [0.2, 0.25) is 0 Å². The highest BCUT2D eigenvalue weighted by molar-refractivity contribution is 5.95. The molecule has 37 heavy (non-hydrogen) atoms. The lowest BCUT2D eigenvalue weighted by molar-refractivity contribution is 0.0955. The Labute approximate surface area is 218 Å². The van der Waals surface area contributed by atoms with Gasteiger partial charge in [-0.1, -0.05) is 32.9 Å². The second kappa shape index (κ2) is 11.6. The van der Waals surface area contributed by atoms with Crippen molar-refractivity contribution < 1.29 is 13.9 Å². The molecule has 0 spiro atoms.